The number of thioether (sulfide) groups is 1. The second kappa shape index (κ2) is 8.15. The predicted molar refractivity (Wildman–Crippen MR) is 122 cm³/mol. The van der Waals surface area contributed by atoms with E-state index in [-0.39, 0.29) is 23.8 Å². The molecular weight excluding hydrogens is 453 g/mol. The van der Waals surface area contributed by atoms with Gasteiger partial charge in [-0.3, -0.25) is 10.1 Å². The number of hydrogen-bond donors (Lipinski definition) is 2. The van der Waals surface area contributed by atoms with E-state index in [0.29, 0.717) is 29.7 Å². The van der Waals surface area contributed by atoms with Gasteiger partial charge in [0.25, 0.3) is 0 Å². The van der Waals surface area contributed by atoms with Gasteiger partial charge in [-0.15, -0.1) is 11.8 Å². The molecule has 170 valence electrons. The molecule has 0 bridgehead atoms. The minimum absolute atomic E-state index is 0.0857. The van der Waals surface area contributed by atoms with Crippen LogP contribution in [0.4, 0.5) is 9.18 Å². The smallest absolute Gasteiger partial charge is 0.323 e. The fourth-order valence-electron chi connectivity index (χ4n) is 5.10. The van der Waals surface area contributed by atoms with Crippen molar-refractivity contribution in [2.24, 2.45) is 16.8 Å². The quantitative estimate of drug-likeness (QED) is 0.688. The molecule has 0 aromatic heterocycles. The van der Waals surface area contributed by atoms with Gasteiger partial charge < -0.3 is 10.0 Å². The van der Waals surface area contributed by atoms with Gasteiger partial charge in [0.2, 0.25) is 0 Å². The molecule has 3 atom stereocenters. The number of amides is 2. The number of nitrogens with one attached hydrogen (secondary N) is 1. The minimum atomic E-state index is -0.997. The molecule has 9 heteroatoms. The van der Waals surface area contributed by atoms with E-state index in [2.05, 4.69) is 17.2 Å². The van der Waals surface area contributed by atoms with E-state index in [1.165, 1.54) is 23.9 Å². The Morgan fingerprint density at radius 2 is 2.06 bits per heavy atom. The van der Waals surface area contributed by atoms with E-state index in [1.54, 1.807) is 12.3 Å². The Balaban J connectivity index is 1.30. The number of hydrogen-bond acceptors (Lipinski definition) is 5. The van der Waals surface area contributed by atoms with E-state index < -0.39 is 16.7 Å². The number of halogens is 2. The molecule has 1 saturated heterocycles. The highest BCUT2D eigenvalue weighted by Gasteiger charge is 2.78. The van der Waals surface area contributed by atoms with E-state index in [1.807, 2.05) is 4.90 Å². The Bertz CT molecular complexity index is 1020. The van der Waals surface area contributed by atoms with Crippen molar-refractivity contribution in [3.63, 3.8) is 0 Å². The summed E-state index contributed by atoms with van der Waals surface area (Å²) in [5, 5.41) is 13.2. The monoisotopic (exact) mass is 477 g/mol. The molecule has 2 N–H and O–H groups in total. The number of amidine groups is 1. The number of carbonyl (C=O) groups excluding carboxylic acids is 2. The minimum Gasteiger partial charge on any atom is -0.383 e. The van der Waals surface area contributed by atoms with Gasteiger partial charge in [-0.05, 0) is 61.8 Å². The van der Waals surface area contributed by atoms with Crippen molar-refractivity contribution >= 4 is 41.0 Å². The summed E-state index contributed by atoms with van der Waals surface area (Å²) in [6, 6.07) is 4.24. The molecule has 2 aliphatic carbocycles. The lowest BCUT2D eigenvalue weighted by atomic mass is 9.86. The molecule has 2 heterocycles. The average Bonchev–Trinajstić information content (AvgIpc) is 3.10. The number of urea groups is 1. The molecule has 32 heavy (non-hydrogen) atoms. The summed E-state index contributed by atoms with van der Waals surface area (Å²) >= 11 is 7.33. The van der Waals surface area contributed by atoms with Crippen LogP contribution in [0, 0.1) is 17.7 Å². The van der Waals surface area contributed by atoms with Gasteiger partial charge in [0, 0.05) is 28.7 Å². The summed E-state index contributed by atoms with van der Waals surface area (Å²) in [4.78, 5) is 32.4. The standard InChI is InChI=1S/C23H25ClFN3O3S/c1-12-2-4-16(5-3-12)28(7-6-13-8-14(24)10-15(25)9-13)22(31)27-21-18-17(11-26-21)32-23(18)19(29)20(23)30/h8-12,16,18-19,29H,2-7H2,1H3,(H,26,27,31). The Labute approximate surface area is 195 Å². The molecule has 4 aliphatic rings. The molecule has 2 aliphatic heterocycles. The molecular formula is C23H25ClFN3O3S. The normalized spacial score (nSPS) is 32.7. The number of Topliss-reactive ketones (excluding diaryl/α,β-unsaturated/α-hetero) is 1. The van der Waals surface area contributed by atoms with Gasteiger partial charge in [0.05, 0.1) is 5.92 Å². The number of aliphatic hydroxyl groups excluding tert-OH is 1. The fourth-order valence-corrected chi connectivity index (χ4v) is 6.80. The number of aliphatic hydroxyl groups is 1. The van der Waals surface area contributed by atoms with Gasteiger partial charge in [-0.1, -0.05) is 18.5 Å². The first-order chi connectivity index (χ1) is 15.3. The summed E-state index contributed by atoms with van der Waals surface area (Å²) in [5.41, 5.74) is 0.736. The van der Waals surface area contributed by atoms with Crippen molar-refractivity contribution in [2.75, 3.05) is 6.54 Å². The van der Waals surface area contributed by atoms with Gasteiger partial charge >= 0.3 is 6.03 Å². The summed E-state index contributed by atoms with van der Waals surface area (Å²) in [7, 11) is 0. The largest absolute Gasteiger partial charge is 0.383 e. The Kier molecular flexibility index (Phi) is 5.58. The zero-order valence-corrected chi connectivity index (χ0v) is 19.3. The number of carbonyl (C=O) groups is 2. The number of fused-ring (bicyclic) bond motifs is 2. The van der Waals surface area contributed by atoms with Crippen molar-refractivity contribution in [2.45, 2.75) is 55.9 Å². The molecule has 1 aromatic carbocycles. The maximum absolute atomic E-state index is 13.8. The molecule has 3 fully saturated rings. The van der Waals surface area contributed by atoms with Crippen LogP contribution in [0.2, 0.25) is 5.02 Å². The molecule has 2 amide bonds. The molecule has 1 spiro atoms. The zero-order valence-electron chi connectivity index (χ0n) is 17.7. The van der Waals surface area contributed by atoms with Crippen molar-refractivity contribution < 1.29 is 19.1 Å². The van der Waals surface area contributed by atoms with Crippen molar-refractivity contribution in [3.05, 3.63) is 45.7 Å². The van der Waals surface area contributed by atoms with Crippen LogP contribution in [0.15, 0.2) is 34.3 Å². The molecule has 3 unspecified atom stereocenters. The lowest BCUT2D eigenvalue weighted by Crippen LogP contribution is -2.53. The van der Waals surface area contributed by atoms with Crippen LogP contribution in [0.5, 0.6) is 0 Å². The predicted octanol–water partition coefficient (Wildman–Crippen LogP) is 3.91. The Morgan fingerprint density at radius 3 is 2.72 bits per heavy atom. The summed E-state index contributed by atoms with van der Waals surface area (Å²) in [6.45, 7) is 2.64. The second-order valence-electron chi connectivity index (χ2n) is 9.21. The second-order valence-corrected chi connectivity index (χ2v) is 11.0. The molecule has 1 aromatic rings. The topological polar surface area (TPSA) is 82.0 Å². The lowest BCUT2D eigenvalue weighted by molar-refractivity contribution is -0.113. The zero-order chi connectivity index (χ0) is 22.6. The van der Waals surface area contributed by atoms with Gasteiger partial charge in [-0.25, -0.2) is 14.2 Å². The van der Waals surface area contributed by atoms with Crippen molar-refractivity contribution in [1.29, 1.82) is 0 Å². The maximum Gasteiger partial charge on any atom is 0.323 e. The Hall–Kier alpha value is -1.90. The highest BCUT2D eigenvalue weighted by Crippen LogP contribution is 2.67. The fraction of sp³-hybridized carbons (Fsp3) is 0.522. The van der Waals surface area contributed by atoms with E-state index in [0.717, 1.165) is 36.2 Å². The van der Waals surface area contributed by atoms with E-state index >= 15 is 0 Å². The van der Waals surface area contributed by atoms with Crippen LogP contribution in [0.25, 0.3) is 0 Å². The number of ketones is 1. The first-order valence-electron chi connectivity index (χ1n) is 11.0. The van der Waals surface area contributed by atoms with Crippen molar-refractivity contribution in [3.8, 4) is 0 Å². The first kappa shape index (κ1) is 21.9. The Morgan fingerprint density at radius 1 is 1.34 bits per heavy atom. The number of aliphatic imine (C=N–C) groups is 1. The van der Waals surface area contributed by atoms with Gasteiger partial charge in [0.15, 0.2) is 5.78 Å². The van der Waals surface area contributed by atoms with Gasteiger partial charge in [-0.2, -0.15) is 0 Å². The summed E-state index contributed by atoms with van der Waals surface area (Å²) in [6.07, 6.45) is 5.07. The number of rotatable bonds is 4. The third kappa shape index (κ3) is 3.66. The third-order valence-electron chi connectivity index (χ3n) is 7.05. The van der Waals surface area contributed by atoms with Crippen molar-refractivity contribution in [1.82, 2.24) is 10.2 Å². The maximum atomic E-state index is 13.8. The molecule has 0 radical (unpaired) electrons. The number of benzene rings is 1. The lowest BCUT2D eigenvalue weighted by Gasteiger charge is -2.38. The molecule has 2 saturated carbocycles. The van der Waals surface area contributed by atoms with Crippen LogP contribution >= 0.6 is 23.4 Å². The molecule has 5 rings (SSSR count). The van der Waals surface area contributed by atoms with Gasteiger partial charge in [0.1, 0.15) is 22.5 Å². The third-order valence-corrected chi connectivity index (χ3v) is 8.84. The highest BCUT2D eigenvalue weighted by molar-refractivity contribution is 8.07. The molecule has 6 nitrogen and oxygen atoms in total. The highest BCUT2D eigenvalue weighted by atomic mass is 35.5. The summed E-state index contributed by atoms with van der Waals surface area (Å²) in [5.74, 6) is 0.119. The number of nitrogens with zero attached hydrogens (tertiary/aromatic N) is 2. The van der Waals surface area contributed by atoms with Crippen LogP contribution < -0.4 is 5.32 Å². The summed E-state index contributed by atoms with van der Waals surface area (Å²) < 4.78 is 12.9. The SMILES string of the molecule is CC1CCC(N(CCc2cc(F)cc(Cl)c2)C(=O)NC2=NC=C3SC4(C(=O)C4O)C32)CC1. The van der Waals surface area contributed by atoms with E-state index in [9.17, 15) is 19.1 Å². The van der Waals surface area contributed by atoms with Crippen LogP contribution in [-0.4, -0.2) is 51.1 Å². The van der Waals surface area contributed by atoms with E-state index in [4.69, 9.17) is 11.6 Å². The van der Waals surface area contributed by atoms with Crippen LogP contribution in [0.1, 0.15) is 38.2 Å². The average molecular weight is 478 g/mol. The van der Waals surface area contributed by atoms with Crippen LogP contribution in [-0.2, 0) is 11.2 Å². The first-order valence-corrected chi connectivity index (χ1v) is 12.2. The van der Waals surface area contributed by atoms with Crippen LogP contribution in [0.3, 0.4) is 0 Å².